The zero-order chi connectivity index (χ0) is 15.4. The second-order valence-electron chi connectivity index (χ2n) is 5.75. The zero-order valence-electron chi connectivity index (χ0n) is 13.3. The maximum atomic E-state index is 5.22. The molecule has 1 atom stereocenters. The summed E-state index contributed by atoms with van der Waals surface area (Å²) in [4.78, 5) is 4.56. The van der Waals surface area contributed by atoms with Crippen molar-refractivity contribution in [1.29, 1.82) is 0 Å². The molecule has 2 rings (SSSR count). The summed E-state index contributed by atoms with van der Waals surface area (Å²) in [6, 6.07) is 8.39. The van der Waals surface area contributed by atoms with Gasteiger partial charge in [-0.1, -0.05) is 39.8 Å². The molecule has 5 heteroatoms. The van der Waals surface area contributed by atoms with Crippen LogP contribution >= 0.6 is 11.5 Å². The van der Waals surface area contributed by atoms with Crippen LogP contribution in [0.2, 0.25) is 0 Å². The average molecular weight is 305 g/mol. The van der Waals surface area contributed by atoms with E-state index in [4.69, 9.17) is 4.74 Å². The first-order valence-corrected chi connectivity index (χ1v) is 8.02. The summed E-state index contributed by atoms with van der Waals surface area (Å²) < 4.78 is 9.61. The Morgan fingerprint density at radius 1 is 1.10 bits per heavy atom. The molecule has 0 spiro atoms. The van der Waals surface area contributed by atoms with Crippen molar-refractivity contribution >= 4 is 16.7 Å². The first kappa shape index (κ1) is 15.8. The second-order valence-corrected chi connectivity index (χ2v) is 6.50. The van der Waals surface area contributed by atoms with Crippen molar-refractivity contribution in [1.82, 2.24) is 9.36 Å². The summed E-state index contributed by atoms with van der Waals surface area (Å²) in [6.45, 7) is 8.61. The van der Waals surface area contributed by atoms with Gasteiger partial charge in [-0.15, -0.1) is 0 Å². The van der Waals surface area contributed by atoms with E-state index in [1.54, 1.807) is 7.11 Å². The van der Waals surface area contributed by atoms with Crippen LogP contribution in [0.5, 0.6) is 5.75 Å². The molecule has 0 aliphatic rings. The summed E-state index contributed by atoms with van der Waals surface area (Å²) in [5, 5.41) is 4.39. The van der Waals surface area contributed by atoms with Gasteiger partial charge in [0.2, 0.25) is 5.13 Å². The lowest BCUT2D eigenvalue weighted by atomic mass is 9.96. The predicted octanol–water partition coefficient (Wildman–Crippen LogP) is 4.48. The molecule has 2 aromatic rings. The second kappa shape index (κ2) is 6.89. The molecule has 114 valence electrons. The van der Waals surface area contributed by atoms with E-state index < -0.39 is 0 Å². The van der Waals surface area contributed by atoms with E-state index in [0.717, 1.165) is 16.7 Å². The van der Waals surface area contributed by atoms with Gasteiger partial charge in [-0.3, -0.25) is 0 Å². The standard InChI is InChI=1S/C16H23N3OS/c1-10(2)14(12-6-8-13(20-5)9-7-12)17-16-18-15(11(3)4)19-21-16/h6-11,14H,1-5H3,(H,17,18,19). The van der Waals surface area contributed by atoms with Crippen LogP contribution in [0.15, 0.2) is 24.3 Å². The summed E-state index contributed by atoms with van der Waals surface area (Å²) >= 11 is 1.43. The highest BCUT2D eigenvalue weighted by Gasteiger charge is 2.18. The van der Waals surface area contributed by atoms with E-state index in [1.165, 1.54) is 17.1 Å². The van der Waals surface area contributed by atoms with Gasteiger partial charge in [0.1, 0.15) is 11.6 Å². The molecule has 0 aliphatic heterocycles. The fourth-order valence-corrected chi connectivity index (χ4v) is 2.85. The Hall–Kier alpha value is -1.62. The third kappa shape index (κ3) is 3.94. The van der Waals surface area contributed by atoms with Crippen LogP contribution in [0.25, 0.3) is 0 Å². The molecule has 1 unspecified atom stereocenters. The number of rotatable bonds is 6. The molecule has 1 heterocycles. The summed E-state index contributed by atoms with van der Waals surface area (Å²) in [5.74, 6) is 2.58. The third-order valence-corrected chi connectivity index (χ3v) is 4.04. The highest BCUT2D eigenvalue weighted by atomic mass is 32.1. The van der Waals surface area contributed by atoms with E-state index in [9.17, 15) is 0 Å². The van der Waals surface area contributed by atoms with Crippen molar-refractivity contribution in [2.45, 2.75) is 39.7 Å². The Balaban J connectivity index is 2.17. The fraction of sp³-hybridized carbons (Fsp3) is 0.500. The number of anilines is 1. The van der Waals surface area contributed by atoms with Gasteiger partial charge in [-0.2, -0.15) is 4.37 Å². The van der Waals surface area contributed by atoms with Crippen molar-refractivity contribution in [3.63, 3.8) is 0 Å². The van der Waals surface area contributed by atoms with Crippen molar-refractivity contribution in [2.24, 2.45) is 5.92 Å². The molecule has 4 nitrogen and oxygen atoms in total. The lowest BCUT2D eigenvalue weighted by molar-refractivity contribution is 0.414. The van der Waals surface area contributed by atoms with Gasteiger partial charge in [0.15, 0.2) is 0 Å². The van der Waals surface area contributed by atoms with E-state index >= 15 is 0 Å². The average Bonchev–Trinajstić information content (AvgIpc) is 2.93. The van der Waals surface area contributed by atoms with Crippen LogP contribution < -0.4 is 10.1 Å². The lowest BCUT2D eigenvalue weighted by Gasteiger charge is -2.22. The third-order valence-electron chi connectivity index (χ3n) is 3.38. The van der Waals surface area contributed by atoms with Crippen LogP contribution in [0.1, 0.15) is 51.0 Å². The maximum Gasteiger partial charge on any atom is 0.203 e. The topological polar surface area (TPSA) is 47.0 Å². The Morgan fingerprint density at radius 2 is 1.76 bits per heavy atom. The molecule has 1 aromatic carbocycles. The van der Waals surface area contributed by atoms with E-state index in [0.29, 0.717) is 11.8 Å². The van der Waals surface area contributed by atoms with E-state index in [2.05, 4.69) is 54.5 Å². The molecule has 0 saturated carbocycles. The zero-order valence-corrected chi connectivity index (χ0v) is 14.1. The SMILES string of the molecule is COc1ccc(C(Nc2nc(C(C)C)ns2)C(C)C)cc1. The van der Waals surface area contributed by atoms with Crippen molar-refractivity contribution in [2.75, 3.05) is 12.4 Å². The quantitative estimate of drug-likeness (QED) is 0.855. The first-order valence-electron chi connectivity index (χ1n) is 7.25. The van der Waals surface area contributed by atoms with Gasteiger partial charge >= 0.3 is 0 Å². The first-order chi connectivity index (χ1) is 10.0. The van der Waals surface area contributed by atoms with E-state index in [1.807, 2.05) is 12.1 Å². The molecule has 0 aliphatic carbocycles. The normalized spacial score (nSPS) is 12.7. The molecule has 1 aromatic heterocycles. The molecule has 21 heavy (non-hydrogen) atoms. The molecule has 0 saturated heterocycles. The van der Waals surface area contributed by atoms with Gasteiger partial charge in [0.25, 0.3) is 0 Å². The molecule has 0 bridgehead atoms. The van der Waals surface area contributed by atoms with Gasteiger partial charge < -0.3 is 10.1 Å². The molecular weight excluding hydrogens is 282 g/mol. The number of nitrogens with one attached hydrogen (secondary N) is 1. The van der Waals surface area contributed by atoms with Gasteiger partial charge in [0.05, 0.1) is 13.2 Å². The highest BCUT2D eigenvalue weighted by Crippen LogP contribution is 2.29. The number of methoxy groups -OCH3 is 1. The number of benzene rings is 1. The van der Waals surface area contributed by atoms with Crippen LogP contribution in [-0.4, -0.2) is 16.5 Å². The Labute approximate surface area is 130 Å². The Morgan fingerprint density at radius 3 is 2.24 bits per heavy atom. The van der Waals surface area contributed by atoms with Crippen molar-refractivity contribution < 1.29 is 4.74 Å². The molecular formula is C16H23N3OS. The molecule has 0 amide bonds. The molecule has 1 N–H and O–H groups in total. The minimum absolute atomic E-state index is 0.212. The Bertz CT molecular complexity index is 563. The molecule has 0 radical (unpaired) electrons. The highest BCUT2D eigenvalue weighted by molar-refractivity contribution is 7.09. The lowest BCUT2D eigenvalue weighted by Crippen LogP contribution is -2.16. The largest absolute Gasteiger partial charge is 0.497 e. The van der Waals surface area contributed by atoms with E-state index in [-0.39, 0.29) is 6.04 Å². The number of aromatic nitrogens is 2. The number of ether oxygens (including phenoxy) is 1. The monoisotopic (exact) mass is 305 g/mol. The van der Waals surface area contributed by atoms with Crippen LogP contribution in [-0.2, 0) is 0 Å². The minimum atomic E-state index is 0.212. The van der Waals surface area contributed by atoms with Gasteiger partial charge in [-0.25, -0.2) is 4.98 Å². The minimum Gasteiger partial charge on any atom is -0.497 e. The van der Waals surface area contributed by atoms with Gasteiger partial charge in [0, 0.05) is 17.5 Å². The summed E-state index contributed by atoms with van der Waals surface area (Å²) in [6.07, 6.45) is 0. The van der Waals surface area contributed by atoms with Crippen LogP contribution in [0, 0.1) is 5.92 Å². The molecule has 0 fully saturated rings. The van der Waals surface area contributed by atoms with Crippen molar-refractivity contribution in [3.05, 3.63) is 35.7 Å². The number of hydrogen-bond donors (Lipinski definition) is 1. The van der Waals surface area contributed by atoms with Crippen molar-refractivity contribution in [3.8, 4) is 5.75 Å². The summed E-state index contributed by atoms with van der Waals surface area (Å²) in [5.41, 5.74) is 1.23. The fourth-order valence-electron chi connectivity index (χ4n) is 2.11. The van der Waals surface area contributed by atoms with Crippen LogP contribution in [0.4, 0.5) is 5.13 Å². The summed E-state index contributed by atoms with van der Waals surface area (Å²) in [7, 11) is 1.68. The number of nitrogens with zero attached hydrogens (tertiary/aromatic N) is 2. The Kier molecular flexibility index (Phi) is 5.17. The predicted molar refractivity (Wildman–Crippen MR) is 88.2 cm³/mol. The number of hydrogen-bond acceptors (Lipinski definition) is 5. The van der Waals surface area contributed by atoms with Crippen LogP contribution in [0.3, 0.4) is 0 Å². The maximum absolute atomic E-state index is 5.22. The smallest absolute Gasteiger partial charge is 0.203 e. The van der Waals surface area contributed by atoms with Gasteiger partial charge in [-0.05, 0) is 23.6 Å².